The van der Waals surface area contributed by atoms with Gasteiger partial charge in [-0.25, -0.2) is 0 Å². The topological polar surface area (TPSA) is 58.2 Å². The van der Waals surface area contributed by atoms with Crippen LogP contribution in [-0.4, -0.2) is 17.4 Å². The average Bonchev–Trinajstić information content (AvgIpc) is 2.45. The van der Waals surface area contributed by atoms with Gasteiger partial charge in [-0.3, -0.25) is 9.59 Å². The summed E-state index contributed by atoms with van der Waals surface area (Å²) >= 11 is 11.9. The number of amides is 2. The van der Waals surface area contributed by atoms with Gasteiger partial charge in [-0.2, -0.15) is 0 Å². The molecule has 0 heterocycles. The van der Waals surface area contributed by atoms with Gasteiger partial charge in [-0.05, 0) is 57.2 Å². The van der Waals surface area contributed by atoms with Crippen LogP contribution in [0.2, 0.25) is 10.0 Å². The van der Waals surface area contributed by atoms with Crippen LogP contribution in [0.5, 0.6) is 0 Å². The van der Waals surface area contributed by atoms with Crippen molar-refractivity contribution < 1.29 is 9.59 Å². The zero-order valence-corrected chi connectivity index (χ0v) is 15.1. The number of hydrogen-bond acceptors (Lipinski definition) is 2. The fraction of sp³-hybridized carbons (Fsp3) is 0.222. The quantitative estimate of drug-likeness (QED) is 0.823. The van der Waals surface area contributed by atoms with Crippen molar-refractivity contribution in [3.8, 4) is 0 Å². The number of anilines is 1. The molecule has 0 aliphatic rings. The van der Waals surface area contributed by atoms with Gasteiger partial charge >= 0.3 is 0 Å². The molecule has 2 N–H and O–H groups in total. The molecule has 2 rings (SSSR count). The Morgan fingerprint density at radius 1 is 0.958 bits per heavy atom. The summed E-state index contributed by atoms with van der Waals surface area (Å²) in [6.07, 6.45) is 0. The zero-order valence-electron chi connectivity index (χ0n) is 13.6. The zero-order chi connectivity index (χ0) is 17.9. The Kier molecular flexibility index (Phi) is 5.52. The van der Waals surface area contributed by atoms with Crippen LogP contribution in [-0.2, 0) is 0 Å². The number of halogens is 2. The summed E-state index contributed by atoms with van der Waals surface area (Å²) in [6, 6.07) is 11.4. The second kappa shape index (κ2) is 7.24. The van der Waals surface area contributed by atoms with E-state index >= 15 is 0 Å². The van der Waals surface area contributed by atoms with E-state index < -0.39 is 0 Å². The number of hydrogen-bond donors (Lipinski definition) is 2. The number of carbonyl (C=O) groups is 2. The summed E-state index contributed by atoms with van der Waals surface area (Å²) in [5.41, 5.74) is 0.941. The van der Waals surface area contributed by atoms with Gasteiger partial charge in [0, 0.05) is 21.8 Å². The Balaban J connectivity index is 2.17. The maximum atomic E-state index is 12.3. The van der Waals surface area contributed by atoms with Crippen LogP contribution in [0.15, 0.2) is 42.5 Å². The van der Waals surface area contributed by atoms with E-state index in [0.29, 0.717) is 21.8 Å². The smallest absolute Gasteiger partial charge is 0.257 e. The van der Waals surface area contributed by atoms with Gasteiger partial charge in [-0.1, -0.05) is 29.3 Å². The lowest BCUT2D eigenvalue weighted by molar-refractivity contribution is 0.0918. The van der Waals surface area contributed by atoms with E-state index in [9.17, 15) is 9.59 Å². The van der Waals surface area contributed by atoms with E-state index in [1.54, 1.807) is 36.4 Å². The predicted octanol–water partition coefficient (Wildman–Crippen LogP) is 4.77. The molecule has 0 atom stereocenters. The first-order valence-corrected chi connectivity index (χ1v) is 8.10. The molecule has 24 heavy (non-hydrogen) atoms. The van der Waals surface area contributed by atoms with Crippen molar-refractivity contribution >= 4 is 40.7 Å². The number of carbonyl (C=O) groups excluding carboxylic acids is 2. The minimum absolute atomic E-state index is 0.205. The summed E-state index contributed by atoms with van der Waals surface area (Å²) in [4.78, 5) is 24.5. The minimum atomic E-state index is -0.370. The number of rotatable bonds is 3. The summed E-state index contributed by atoms with van der Waals surface area (Å²) in [5, 5.41) is 6.33. The highest BCUT2D eigenvalue weighted by atomic mass is 35.5. The molecule has 0 radical (unpaired) electrons. The molecule has 2 aromatic carbocycles. The lowest BCUT2D eigenvalue weighted by Gasteiger charge is -2.20. The molecule has 126 valence electrons. The fourth-order valence-electron chi connectivity index (χ4n) is 2.02. The average molecular weight is 365 g/mol. The lowest BCUT2D eigenvalue weighted by Crippen LogP contribution is -2.40. The molecular formula is C18H18Cl2N2O2. The molecule has 2 amide bonds. The van der Waals surface area contributed by atoms with Gasteiger partial charge in [0.15, 0.2) is 0 Å². The Hall–Kier alpha value is -2.04. The molecule has 0 saturated carbocycles. The van der Waals surface area contributed by atoms with E-state index in [-0.39, 0.29) is 22.4 Å². The summed E-state index contributed by atoms with van der Waals surface area (Å²) in [7, 11) is 0. The van der Waals surface area contributed by atoms with Gasteiger partial charge in [0.25, 0.3) is 11.8 Å². The van der Waals surface area contributed by atoms with E-state index in [1.807, 2.05) is 20.8 Å². The van der Waals surface area contributed by atoms with Crippen molar-refractivity contribution in [3.05, 3.63) is 63.6 Å². The Morgan fingerprint density at radius 3 is 2.29 bits per heavy atom. The van der Waals surface area contributed by atoms with Crippen molar-refractivity contribution in [2.24, 2.45) is 0 Å². The first kappa shape index (κ1) is 18.3. The van der Waals surface area contributed by atoms with Crippen LogP contribution in [0, 0.1) is 0 Å². The van der Waals surface area contributed by atoms with Crippen LogP contribution in [0.3, 0.4) is 0 Å². The standard InChI is InChI=1S/C18H18Cl2N2O2/c1-18(2,3)22-16(23)11-5-4-6-13(9-11)21-17(24)14-8-7-12(19)10-15(14)20/h4-10H,1-3H3,(H,21,24)(H,22,23). The second-order valence-corrected chi connectivity index (χ2v) is 7.21. The highest BCUT2D eigenvalue weighted by molar-refractivity contribution is 6.37. The molecule has 0 aliphatic heterocycles. The van der Waals surface area contributed by atoms with Gasteiger partial charge < -0.3 is 10.6 Å². The van der Waals surface area contributed by atoms with Gasteiger partial charge in [0.05, 0.1) is 10.6 Å². The van der Waals surface area contributed by atoms with Crippen molar-refractivity contribution in [2.75, 3.05) is 5.32 Å². The third-order valence-corrected chi connectivity index (χ3v) is 3.59. The van der Waals surface area contributed by atoms with Crippen molar-refractivity contribution in [2.45, 2.75) is 26.3 Å². The molecule has 2 aromatic rings. The van der Waals surface area contributed by atoms with Crippen LogP contribution in [0.4, 0.5) is 5.69 Å². The van der Waals surface area contributed by atoms with E-state index in [1.165, 1.54) is 6.07 Å². The maximum absolute atomic E-state index is 12.3. The summed E-state index contributed by atoms with van der Waals surface area (Å²) in [5.74, 6) is -0.576. The van der Waals surface area contributed by atoms with Crippen LogP contribution in [0.25, 0.3) is 0 Å². The normalized spacial score (nSPS) is 11.0. The molecule has 4 nitrogen and oxygen atoms in total. The molecule has 6 heteroatoms. The molecule has 0 bridgehead atoms. The summed E-state index contributed by atoms with van der Waals surface area (Å²) < 4.78 is 0. The molecule has 0 unspecified atom stereocenters. The van der Waals surface area contributed by atoms with Crippen molar-refractivity contribution in [1.82, 2.24) is 5.32 Å². The molecule has 0 saturated heterocycles. The lowest BCUT2D eigenvalue weighted by atomic mass is 10.1. The first-order valence-electron chi connectivity index (χ1n) is 7.35. The monoisotopic (exact) mass is 364 g/mol. The van der Waals surface area contributed by atoms with E-state index in [2.05, 4.69) is 10.6 Å². The number of nitrogens with one attached hydrogen (secondary N) is 2. The minimum Gasteiger partial charge on any atom is -0.347 e. The predicted molar refractivity (Wildman–Crippen MR) is 98.1 cm³/mol. The SMILES string of the molecule is CC(C)(C)NC(=O)c1cccc(NC(=O)c2ccc(Cl)cc2Cl)c1. The summed E-state index contributed by atoms with van der Waals surface area (Å²) in [6.45, 7) is 5.71. The molecule has 0 aliphatic carbocycles. The van der Waals surface area contributed by atoms with Crippen molar-refractivity contribution in [3.63, 3.8) is 0 Å². The van der Waals surface area contributed by atoms with Crippen molar-refractivity contribution in [1.29, 1.82) is 0 Å². The Morgan fingerprint density at radius 2 is 1.67 bits per heavy atom. The largest absolute Gasteiger partial charge is 0.347 e. The molecule has 0 spiro atoms. The van der Waals surface area contributed by atoms with Crippen LogP contribution in [0.1, 0.15) is 41.5 Å². The Bertz CT molecular complexity index is 783. The van der Waals surface area contributed by atoms with Gasteiger partial charge in [-0.15, -0.1) is 0 Å². The van der Waals surface area contributed by atoms with E-state index in [0.717, 1.165) is 0 Å². The number of benzene rings is 2. The fourth-order valence-corrected chi connectivity index (χ4v) is 2.52. The maximum Gasteiger partial charge on any atom is 0.257 e. The van der Waals surface area contributed by atoms with Crippen LogP contribution < -0.4 is 10.6 Å². The molecular weight excluding hydrogens is 347 g/mol. The van der Waals surface area contributed by atoms with Crippen LogP contribution >= 0.6 is 23.2 Å². The third-order valence-electron chi connectivity index (χ3n) is 3.05. The Labute approximate surface area is 151 Å². The first-order chi connectivity index (χ1) is 11.2. The third kappa shape index (κ3) is 4.98. The molecule has 0 aromatic heterocycles. The van der Waals surface area contributed by atoms with Gasteiger partial charge in [0.2, 0.25) is 0 Å². The second-order valence-electron chi connectivity index (χ2n) is 6.36. The molecule has 0 fully saturated rings. The van der Waals surface area contributed by atoms with E-state index in [4.69, 9.17) is 23.2 Å². The van der Waals surface area contributed by atoms with Gasteiger partial charge in [0.1, 0.15) is 0 Å². The highest BCUT2D eigenvalue weighted by Crippen LogP contribution is 2.22. The highest BCUT2D eigenvalue weighted by Gasteiger charge is 2.16.